The summed E-state index contributed by atoms with van der Waals surface area (Å²) in [5.41, 5.74) is 0.0966. The van der Waals surface area contributed by atoms with Crippen LogP contribution in [0.3, 0.4) is 0 Å². The van der Waals surface area contributed by atoms with Crippen molar-refractivity contribution in [3.05, 3.63) is 78.4 Å². The van der Waals surface area contributed by atoms with Crippen LogP contribution in [0.25, 0.3) is 0 Å². The highest BCUT2D eigenvalue weighted by Crippen LogP contribution is 2.20. The number of para-hydroxylation sites is 1. The van der Waals surface area contributed by atoms with Crippen LogP contribution in [0.5, 0.6) is 0 Å². The molecule has 0 radical (unpaired) electrons. The highest BCUT2D eigenvalue weighted by Gasteiger charge is 2.25. The highest BCUT2D eigenvalue weighted by atomic mass is 32.2. The molecule has 31 heavy (non-hydrogen) atoms. The molecular formula is C21H20FN5O3S. The molecule has 10 heteroatoms. The molecule has 1 aliphatic heterocycles. The third-order valence-electron chi connectivity index (χ3n) is 4.91. The Morgan fingerprint density at radius 1 is 0.935 bits per heavy atom. The number of rotatable bonds is 5. The molecule has 8 nitrogen and oxygen atoms in total. The van der Waals surface area contributed by atoms with E-state index in [9.17, 15) is 17.6 Å². The summed E-state index contributed by atoms with van der Waals surface area (Å²) in [6, 6.07) is 13.0. The zero-order valence-corrected chi connectivity index (χ0v) is 17.3. The van der Waals surface area contributed by atoms with Crippen LogP contribution in [-0.2, 0) is 10.0 Å². The first kappa shape index (κ1) is 20.7. The lowest BCUT2D eigenvalue weighted by atomic mass is 10.2. The molecule has 3 aromatic rings. The second-order valence-electron chi connectivity index (χ2n) is 6.94. The van der Waals surface area contributed by atoms with Gasteiger partial charge >= 0.3 is 0 Å². The molecule has 1 amide bonds. The first-order chi connectivity index (χ1) is 14.9. The van der Waals surface area contributed by atoms with E-state index >= 15 is 0 Å². The molecule has 1 N–H and O–H groups in total. The Morgan fingerprint density at radius 2 is 1.65 bits per heavy atom. The predicted molar refractivity (Wildman–Crippen MR) is 114 cm³/mol. The van der Waals surface area contributed by atoms with Gasteiger partial charge in [0.15, 0.2) is 0 Å². The van der Waals surface area contributed by atoms with Crippen LogP contribution in [-0.4, -0.2) is 55.4 Å². The molecule has 0 unspecified atom stereocenters. The normalized spacial score (nSPS) is 14.4. The number of carbonyl (C=O) groups excluding carboxylic acids is 1. The van der Waals surface area contributed by atoms with Gasteiger partial charge in [0.1, 0.15) is 5.82 Å². The zero-order chi connectivity index (χ0) is 21.8. The number of carbonyl (C=O) groups is 1. The molecule has 0 aliphatic carbocycles. The quantitative estimate of drug-likeness (QED) is 0.653. The number of nitrogens with zero attached hydrogens (tertiary/aromatic N) is 4. The largest absolute Gasteiger partial charge is 0.337 e. The van der Waals surface area contributed by atoms with Crippen LogP contribution in [0.4, 0.5) is 16.0 Å². The highest BCUT2D eigenvalue weighted by molar-refractivity contribution is 7.92. The van der Waals surface area contributed by atoms with E-state index in [2.05, 4.69) is 14.7 Å². The monoisotopic (exact) mass is 441 g/mol. The van der Waals surface area contributed by atoms with E-state index in [1.807, 2.05) is 4.90 Å². The second kappa shape index (κ2) is 8.68. The van der Waals surface area contributed by atoms with Crippen LogP contribution in [0.15, 0.2) is 71.9 Å². The maximum atomic E-state index is 13.8. The van der Waals surface area contributed by atoms with Crippen molar-refractivity contribution < 1.29 is 17.6 Å². The molecule has 160 valence electrons. The molecular weight excluding hydrogens is 421 g/mol. The molecule has 1 fully saturated rings. The van der Waals surface area contributed by atoms with E-state index in [0.29, 0.717) is 32.1 Å². The first-order valence-electron chi connectivity index (χ1n) is 9.63. The Labute approximate surface area is 179 Å². The first-order valence-corrected chi connectivity index (χ1v) is 11.1. The maximum Gasteiger partial charge on any atom is 0.262 e. The number of amides is 1. The number of hydrogen-bond donors (Lipinski definition) is 1. The maximum absolute atomic E-state index is 13.8. The zero-order valence-electron chi connectivity index (χ0n) is 16.5. The minimum absolute atomic E-state index is 0.113. The lowest BCUT2D eigenvalue weighted by molar-refractivity contribution is 0.0746. The summed E-state index contributed by atoms with van der Waals surface area (Å²) in [5, 5.41) is 0. The summed E-state index contributed by atoms with van der Waals surface area (Å²) in [4.78, 5) is 24.9. The molecule has 2 heterocycles. The van der Waals surface area contributed by atoms with Gasteiger partial charge in [0.25, 0.3) is 15.9 Å². The lowest BCUT2D eigenvalue weighted by Crippen LogP contribution is -2.49. The van der Waals surface area contributed by atoms with E-state index in [0.717, 1.165) is 6.07 Å². The fourth-order valence-corrected chi connectivity index (χ4v) is 4.40. The smallest absolute Gasteiger partial charge is 0.262 e. The Hall–Kier alpha value is -3.53. The van der Waals surface area contributed by atoms with Crippen molar-refractivity contribution in [1.29, 1.82) is 0 Å². The van der Waals surface area contributed by atoms with Gasteiger partial charge < -0.3 is 9.80 Å². The van der Waals surface area contributed by atoms with Crippen LogP contribution in [0.1, 0.15) is 10.4 Å². The van der Waals surface area contributed by atoms with Crippen molar-refractivity contribution in [3.8, 4) is 0 Å². The molecule has 1 saturated heterocycles. The lowest BCUT2D eigenvalue weighted by Gasteiger charge is -2.34. The Kier molecular flexibility index (Phi) is 5.81. The van der Waals surface area contributed by atoms with Gasteiger partial charge in [0, 0.05) is 44.1 Å². The van der Waals surface area contributed by atoms with Crippen molar-refractivity contribution in [2.75, 3.05) is 35.8 Å². The number of benzene rings is 2. The average molecular weight is 441 g/mol. The van der Waals surface area contributed by atoms with Crippen LogP contribution >= 0.6 is 0 Å². The third-order valence-corrected chi connectivity index (χ3v) is 6.27. The summed E-state index contributed by atoms with van der Waals surface area (Å²) in [7, 11) is -4.05. The van der Waals surface area contributed by atoms with Gasteiger partial charge in [-0.2, -0.15) is 0 Å². The number of halogens is 1. The number of nitrogens with one attached hydrogen (secondary N) is 1. The second-order valence-corrected chi connectivity index (χ2v) is 8.62. The number of anilines is 2. The fourth-order valence-electron chi connectivity index (χ4n) is 3.29. The van der Waals surface area contributed by atoms with E-state index in [4.69, 9.17) is 0 Å². The summed E-state index contributed by atoms with van der Waals surface area (Å²) >= 11 is 0. The van der Waals surface area contributed by atoms with E-state index < -0.39 is 15.8 Å². The third kappa shape index (κ3) is 4.64. The predicted octanol–water partition coefficient (Wildman–Crippen LogP) is 2.38. The van der Waals surface area contributed by atoms with E-state index in [1.54, 1.807) is 29.4 Å². The molecule has 0 spiro atoms. The standard InChI is InChI=1S/C21H20FN5O3S/c22-18-7-1-2-8-19(18)25-31(29,30)17-6-3-5-16(15-17)20(28)26-11-13-27(14-12-26)21-23-9-4-10-24-21/h1-10,15,25H,11-14H2. The molecule has 4 rings (SSSR count). The van der Waals surface area contributed by atoms with E-state index in [-0.39, 0.29) is 22.1 Å². The SMILES string of the molecule is O=C(c1cccc(S(=O)(=O)Nc2ccccc2F)c1)N1CCN(c2ncccn2)CC1. The van der Waals surface area contributed by atoms with E-state index in [1.165, 1.54) is 36.4 Å². The van der Waals surface area contributed by atoms with Crippen molar-refractivity contribution in [2.24, 2.45) is 0 Å². The minimum Gasteiger partial charge on any atom is -0.337 e. The van der Waals surface area contributed by atoms with Gasteiger partial charge in [-0.3, -0.25) is 9.52 Å². The number of sulfonamides is 1. The van der Waals surface area contributed by atoms with Crippen molar-refractivity contribution in [3.63, 3.8) is 0 Å². The van der Waals surface area contributed by atoms with Crippen LogP contribution in [0, 0.1) is 5.82 Å². The topological polar surface area (TPSA) is 95.5 Å². The molecule has 2 aromatic carbocycles. The summed E-state index contributed by atoms with van der Waals surface area (Å²) < 4.78 is 41.4. The fraction of sp³-hybridized carbons (Fsp3) is 0.190. The number of piperazine rings is 1. The van der Waals surface area contributed by atoms with Gasteiger partial charge in [-0.25, -0.2) is 22.8 Å². The average Bonchev–Trinajstić information content (AvgIpc) is 2.81. The van der Waals surface area contributed by atoms with Gasteiger partial charge in [0.2, 0.25) is 5.95 Å². The molecule has 0 bridgehead atoms. The van der Waals surface area contributed by atoms with Gasteiger partial charge in [-0.05, 0) is 36.4 Å². The molecule has 1 aromatic heterocycles. The summed E-state index contributed by atoms with van der Waals surface area (Å²) in [6.45, 7) is 2.06. The summed E-state index contributed by atoms with van der Waals surface area (Å²) in [5.74, 6) is -0.336. The molecule has 0 atom stereocenters. The summed E-state index contributed by atoms with van der Waals surface area (Å²) in [6.07, 6.45) is 3.34. The van der Waals surface area contributed by atoms with Crippen LogP contribution < -0.4 is 9.62 Å². The van der Waals surface area contributed by atoms with Crippen molar-refractivity contribution >= 4 is 27.6 Å². The van der Waals surface area contributed by atoms with Crippen molar-refractivity contribution in [1.82, 2.24) is 14.9 Å². The molecule has 1 aliphatic rings. The Morgan fingerprint density at radius 3 is 2.35 bits per heavy atom. The number of hydrogen-bond acceptors (Lipinski definition) is 6. The molecule has 0 saturated carbocycles. The Balaban J connectivity index is 1.47. The van der Waals surface area contributed by atoms with Gasteiger partial charge in [0.05, 0.1) is 10.6 Å². The van der Waals surface area contributed by atoms with Gasteiger partial charge in [-0.15, -0.1) is 0 Å². The Bertz CT molecular complexity index is 1180. The van der Waals surface area contributed by atoms with Gasteiger partial charge in [-0.1, -0.05) is 18.2 Å². The van der Waals surface area contributed by atoms with Crippen LogP contribution in [0.2, 0.25) is 0 Å². The minimum atomic E-state index is -4.05. The number of aromatic nitrogens is 2. The van der Waals surface area contributed by atoms with Crippen molar-refractivity contribution in [2.45, 2.75) is 4.90 Å².